The van der Waals surface area contributed by atoms with Crippen molar-refractivity contribution in [2.45, 2.75) is 24.7 Å². The van der Waals surface area contributed by atoms with Crippen LogP contribution in [0, 0.1) is 0 Å². The maximum Gasteiger partial charge on any atom is 0.118 e. The lowest BCUT2D eigenvalue weighted by molar-refractivity contribution is 0.322. The average molecular weight is 286 g/mol. The lowest BCUT2D eigenvalue weighted by atomic mass is 10.2. The molecule has 16 heavy (non-hydrogen) atoms. The zero-order chi connectivity index (χ0) is 12.0. The van der Waals surface area contributed by atoms with Crippen LogP contribution in [0.2, 0.25) is 0 Å². The van der Waals surface area contributed by atoms with E-state index in [1.165, 1.54) is 12.0 Å². The zero-order valence-electron chi connectivity index (χ0n) is 10.2. The Kier molecular flexibility index (Phi) is 5.85. The van der Waals surface area contributed by atoms with E-state index in [9.17, 15) is 0 Å². The summed E-state index contributed by atoms with van der Waals surface area (Å²) in [5.74, 6) is 0.917. The maximum atomic E-state index is 5.13. The molecule has 0 aliphatic carbocycles. The largest absolute Gasteiger partial charge is 0.497 e. The summed E-state index contributed by atoms with van der Waals surface area (Å²) in [5, 5.41) is 0. The van der Waals surface area contributed by atoms with E-state index in [1.54, 1.807) is 7.11 Å². The molecule has 1 unspecified atom stereocenters. The van der Waals surface area contributed by atoms with Gasteiger partial charge in [-0.05, 0) is 37.7 Å². The van der Waals surface area contributed by atoms with Crippen molar-refractivity contribution in [3.05, 3.63) is 29.8 Å². The lowest BCUT2D eigenvalue weighted by Crippen LogP contribution is -2.20. The van der Waals surface area contributed by atoms with Gasteiger partial charge >= 0.3 is 0 Å². The van der Waals surface area contributed by atoms with Gasteiger partial charge in [0.15, 0.2) is 0 Å². The Morgan fingerprint density at radius 1 is 1.31 bits per heavy atom. The summed E-state index contributed by atoms with van der Waals surface area (Å²) in [5.41, 5.74) is 1.32. The molecule has 0 aromatic heterocycles. The quantitative estimate of drug-likeness (QED) is 0.744. The maximum absolute atomic E-state index is 5.13. The van der Waals surface area contributed by atoms with Gasteiger partial charge < -0.3 is 9.64 Å². The lowest BCUT2D eigenvalue weighted by Gasteiger charge is -2.17. The monoisotopic (exact) mass is 285 g/mol. The van der Waals surface area contributed by atoms with E-state index in [1.807, 2.05) is 12.1 Å². The van der Waals surface area contributed by atoms with Crippen LogP contribution in [0.5, 0.6) is 5.75 Å². The molecule has 2 nitrogen and oxygen atoms in total. The van der Waals surface area contributed by atoms with Crippen LogP contribution in [0.1, 0.15) is 18.9 Å². The van der Waals surface area contributed by atoms with E-state index >= 15 is 0 Å². The first-order valence-corrected chi connectivity index (χ1v) is 6.49. The second kappa shape index (κ2) is 6.92. The van der Waals surface area contributed by atoms with E-state index in [2.05, 4.69) is 46.9 Å². The summed E-state index contributed by atoms with van der Waals surface area (Å²) in [7, 11) is 3.85. The summed E-state index contributed by atoms with van der Waals surface area (Å²) in [4.78, 5) is 2.92. The molecule has 0 fully saturated rings. The molecule has 0 bridgehead atoms. The van der Waals surface area contributed by atoms with Gasteiger partial charge in [-0.2, -0.15) is 0 Å². The summed E-state index contributed by atoms with van der Waals surface area (Å²) < 4.78 is 5.13. The summed E-state index contributed by atoms with van der Waals surface area (Å²) in [6.07, 6.45) is 1.17. The third kappa shape index (κ3) is 4.99. The SMILES string of the molecule is COc1ccc(CN(C)CCC(C)Br)cc1. The van der Waals surface area contributed by atoms with Crippen LogP contribution in [0.4, 0.5) is 0 Å². The molecule has 0 heterocycles. The summed E-state index contributed by atoms with van der Waals surface area (Å²) in [6.45, 7) is 4.28. The van der Waals surface area contributed by atoms with Crippen molar-refractivity contribution in [2.24, 2.45) is 0 Å². The van der Waals surface area contributed by atoms with Crippen molar-refractivity contribution in [1.82, 2.24) is 4.90 Å². The molecule has 1 atom stereocenters. The van der Waals surface area contributed by atoms with Crippen molar-refractivity contribution >= 4 is 15.9 Å². The third-order valence-electron chi connectivity index (χ3n) is 2.52. The van der Waals surface area contributed by atoms with Gasteiger partial charge in [-0.3, -0.25) is 0 Å². The molecular weight excluding hydrogens is 266 g/mol. The van der Waals surface area contributed by atoms with Crippen molar-refractivity contribution < 1.29 is 4.74 Å². The van der Waals surface area contributed by atoms with Gasteiger partial charge in [0.05, 0.1) is 7.11 Å². The average Bonchev–Trinajstić information content (AvgIpc) is 2.27. The van der Waals surface area contributed by atoms with Crippen LogP contribution in [-0.4, -0.2) is 30.4 Å². The molecule has 1 aromatic carbocycles. The number of nitrogens with zero attached hydrogens (tertiary/aromatic N) is 1. The fourth-order valence-electron chi connectivity index (χ4n) is 1.52. The summed E-state index contributed by atoms with van der Waals surface area (Å²) in [6, 6.07) is 8.26. The zero-order valence-corrected chi connectivity index (χ0v) is 11.8. The topological polar surface area (TPSA) is 12.5 Å². The molecule has 0 radical (unpaired) electrons. The molecule has 0 aliphatic rings. The van der Waals surface area contributed by atoms with Crippen LogP contribution >= 0.6 is 15.9 Å². The number of methoxy groups -OCH3 is 1. The Morgan fingerprint density at radius 3 is 2.44 bits per heavy atom. The van der Waals surface area contributed by atoms with E-state index in [0.29, 0.717) is 4.83 Å². The highest BCUT2D eigenvalue weighted by molar-refractivity contribution is 9.09. The van der Waals surface area contributed by atoms with Crippen molar-refractivity contribution in [3.8, 4) is 5.75 Å². The van der Waals surface area contributed by atoms with Crippen LogP contribution in [-0.2, 0) is 6.54 Å². The van der Waals surface area contributed by atoms with Crippen molar-refractivity contribution in [2.75, 3.05) is 20.7 Å². The fraction of sp³-hybridized carbons (Fsp3) is 0.538. The van der Waals surface area contributed by atoms with Crippen LogP contribution in [0.25, 0.3) is 0 Å². The molecule has 1 rings (SSSR count). The molecule has 0 saturated carbocycles. The predicted octanol–water partition coefficient (Wildman–Crippen LogP) is 3.30. The second-order valence-corrected chi connectivity index (χ2v) is 5.72. The van der Waals surface area contributed by atoms with E-state index in [-0.39, 0.29) is 0 Å². The minimum absolute atomic E-state index is 0.589. The summed E-state index contributed by atoms with van der Waals surface area (Å²) >= 11 is 3.56. The second-order valence-electron chi connectivity index (χ2n) is 4.16. The number of rotatable bonds is 6. The Hall–Kier alpha value is -0.540. The Labute approximate surface area is 107 Å². The first kappa shape index (κ1) is 13.5. The Balaban J connectivity index is 2.40. The molecule has 90 valence electrons. The fourth-order valence-corrected chi connectivity index (χ4v) is 1.72. The molecule has 0 amide bonds. The van der Waals surface area contributed by atoms with Gasteiger partial charge in [0, 0.05) is 11.4 Å². The third-order valence-corrected chi connectivity index (χ3v) is 2.98. The predicted molar refractivity (Wildman–Crippen MR) is 72.3 cm³/mol. The van der Waals surface area contributed by atoms with Crippen molar-refractivity contribution in [1.29, 1.82) is 0 Å². The molecule has 0 saturated heterocycles. The number of ether oxygens (including phenoxy) is 1. The molecule has 3 heteroatoms. The first-order chi connectivity index (χ1) is 7.61. The van der Waals surface area contributed by atoms with E-state index < -0.39 is 0 Å². The number of alkyl halides is 1. The number of hydrogen-bond donors (Lipinski definition) is 0. The minimum Gasteiger partial charge on any atom is -0.497 e. The first-order valence-electron chi connectivity index (χ1n) is 5.57. The minimum atomic E-state index is 0.589. The number of benzene rings is 1. The molecular formula is C13H20BrNO. The normalized spacial score (nSPS) is 12.8. The molecule has 0 N–H and O–H groups in total. The van der Waals surface area contributed by atoms with Gasteiger partial charge in [0.25, 0.3) is 0 Å². The highest BCUT2D eigenvalue weighted by atomic mass is 79.9. The van der Waals surface area contributed by atoms with Crippen LogP contribution in [0.3, 0.4) is 0 Å². The molecule has 1 aromatic rings. The number of halogens is 1. The van der Waals surface area contributed by atoms with E-state index in [0.717, 1.165) is 18.8 Å². The van der Waals surface area contributed by atoms with Crippen LogP contribution < -0.4 is 4.74 Å². The van der Waals surface area contributed by atoms with Crippen LogP contribution in [0.15, 0.2) is 24.3 Å². The van der Waals surface area contributed by atoms with Gasteiger partial charge in [0.2, 0.25) is 0 Å². The molecule has 0 spiro atoms. The highest BCUT2D eigenvalue weighted by Crippen LogP contribution is 2.13. The van der Waals surface area contributed by atoms with Gasteiger partial charge in [0.1, 0.15) is 5.75 Å². The van der Waals surface area contributed by atoms with E-state index in [4.69, 9.17) is 4.74 Å². The number of hydrogen-bond acceptors (Lipinski definition) is 2. The molecule has 0 aliphatic heterocycles. The van der Waals surface area contributed by atoms with Gasteiger partial charge in [-0.1, -0.05) is 35.0 Å². The van der Waals surface area contributed by atoms with Crippen molar-refractivity contribution in [3.63, 3.8) is 0 Å². The smallest absolute Gasteiger partial charge is 0.118 e. The standard InChI is InChI=1S/C13H20BrNO/c1-11(14)8-9-15(2)10-12-4-6-13(16-3)7-5-12/h4-7,11H,8-10H2,1-3H3. The Bertz CT molecular complexity index is 297. The highest BCUT2D eigenvalue weighted by Gasteiger charge is 2.02. The van der Waals surface area contributed by atoms with Gasteiger partial charge in [-0.25, -0.2) is 0 Å². The Morgan fingerprint density at radius 2 is 1.94 bits per heavy atom. The van der Waals surface area contributed by atoms with Gasteiger partial charge in [-0.15, -0.1) is 0 Å².